The number of hydrogen-bond donors (Lipinski definition) is 2. The van der Waals surface area contributed by atoms with E-state index in [1.54, 1.807) is 17.3 Å². The van der Waals surface area contributed by atoms with E-state index in [2.05, 4.69) is 15.0 Å². The summed E-state index contributed by atoms with van der Waals surface area (Å²) in [6.45, 7) is 1.10. The summed E-state index contributed by atoms with van der Waals surface area (Å²) in [4.78, 5) is 37.2. The van der Waals surface area contributed by atoms with Gasteiger partial charge in [-0.1, -0.05) is 6.07 Å². The topological polar surface area (TPSA) is 81.8 Å². The van der Waals surface area contributed by atoms with Crippen LogP contribution < -0.4 is 5.43 Å². The number of benzene rings is 1. The molecule has 0 saturated carbocycles. The predicted molar refractivity (Wildman–Crippen MR) is 91.0 cm³/mol. The van der Waals surface area contributed by atoms with Gasteiger partial charge in [0.2, 0.25) is 5.43 Å². The molecule has 1 saturated heterocycles. The van der Waals surface area contributed by atoms with Gasteiger partial charge in [-0.25, -0.2) is 9.37 Å². The number of piperidine rings is 1. The summed E-state index contributed by atoms with van der Waals surface area (Å²) in [6, 6.07) is 4.27. The van der Waals surface area contributed by atoms with Crippen molar-refractivity contribution in [1.29, 1.82) is 0 Å². The predicted octanol–water partition coefficient (Wildman–Crippen LogP) is 2.41. The molecule has 6 nitrogen and oxygen atoms in total. The molecule has 0 aliphatic carbocycles. The second kappa shape index (κ2) is 6.16. The molecule has 1 fully saturated rings. The summed E-state index contributed by atoms with van der Waals surface area (Å²) >= 11 is 0. The number of nitrogens with zero attached hydrogens (tertiary/aromatic N) is 2. The van der Waals surface area contributed by atoms with E-state index >= 15 is 0 Å². The summed E-state index contributed by atoms with van der Waals surface area (Å²) in [5.74, 6) is 0.143. The van der Waals surface area contributed by atoms with Gasteiger partial charge in [0.25, 0.3) is 5.91 Å². The minimum Gasteiger partial charge on any atom is -0.358 e. The summed E-state index contributed by atoms with van der Waals surface area (Å²) in [5.41, 5.74) is -0.285. The largest absolute Gasteiger partial charge is 0.358 e. The van der Waals surface area contributed by atoms with Crippen molar-refractivity contribution in [2.75, 3.05) is 13.1 Å². The molecule has 0 bridgehead atoms. The van der Waals surface area contributed by atoms with Gasteiger partial charge in [-0.05, 0) is 25.0 Å². The highest BCUT2D eigenvalue weighted by Gasteiger charge is 2.28. The van der Waals surface area contributed by atoms with E-state index in [4.69, 9.17) is 0 Å². The van der Waals surface area contributed by atoms with Crippen LogP contribution in [0.15, 0.2) is 41.6 Å². The number of amides is 1. The second-order valence-corrected chi connectivity index (χ2v) is 6.26. The molecule has 128 valence electrons. The van der Waals surface area contributed by atoms with Crippen LogP contribution in [0.2, 0.25) is 0 Å². The number of fused-ring (bicyclic) bond motifs is 1. The van der Waals surface area contributed by atoms with Gasteiger partial charge >= 0.3 is 0 Å². The molecule has 0 radical (unpaired) electrons. The number of pyridine rings is 1. The van der Waals surface area contributed by atoms with Gasteiger partial charge in [0.05, 0.1) is 5.52 Å². The number of aromatic amines is 2. The van der Waals surface area contributed by atoms with Crippen molar-refractivity contribution >= 4 is 16.8 Å². The third kappa shape index (κ3) is 2.71. The number of imidazole rings is 1. The zero-order valence-electron chi connectivity index (χ0n) is 13.5. The highest BCUT2D eigenvalue weighted by Crippen LogP contribution is 2.25. The quantitative estimate of drug-likeness (QED) is 0.752. The molecule has 0 spiro atoms. The van der Waals surface area contributed by atoms with Crippen LogP contribution in [-0.4, -0.2) is 38.8 Å². The molecule has 3 heterocycles. The third-order valence-electron chi connectivity index (χ3n) is 4.71. The van der Waals surface area contributed by atoms with Crippen LogP contribution in [0.25, 0.3) is 10.9 Å². The van der Waals surface area contributed by atoms with E-state index in [9.17, 15) is 14.0 Å². The van der Waals surface area contributed by atoms with E-state index in [0.717, 1.165) is 18.7 Å². The minimum atomic E-state index is -0.510. The third-order valence-corrected chi connectivity index (χ3v) is 4.71. The molecular weight excluding hydrogens is 323 g/mol. The van der Waals surface area contributed by atoms with E-state index in [1.165, 1.54) is 24.4 Å². The molecule has 2 aromatic heterocycles. The summed E-state index contributed by atoms with van der Waals surface area (Å²) < 4.78 is 13.8. The van der Waals surface area contributed by atoms with Gasteiger partial charge in [-0.3, -0.25) is 9.59 Å². The van der Waals surface area contributed by atoms with E-state index in [1.807, 2.05) is 0 Å². The highest BCUT2D eigenvalue weighted by atomic mass is 19.1. The number of carbonyl (C=O) groups is 1. The first-order valence-electron chi connectivity index (χ1n) is 8.23. The zero-order valence-corrected chi connectivity index (χ0v) is 13.5. The fourth-order valence-corrected chi connectivity index (χ4v) is 3.43. The molecule has 2 N–H and O–H groups in total. The van der Waals surface area contributed by atoms with E-state index in [0.29, 0.717) is 13.1 Å². The molecule has 7 heteroatoms. The monoisotopic (exact) mass is 340 g/mol. The average Bonchev–Trinajstić information content (AvgIpc) is 3.17. The number of nitrogens with one attached hydrogen (secondary N) is 2. The fraction of sp³-hybridized carbons (Fsp3) is 0.278. The molecule has 0 unspecified atom stereocenters. The lowest BCUT2D eigenvalue weighted by Crippen LogP contribution is -2.41. The lowest BCUT2D eigenvalue weighted by molar-refractivity contribution is 0.0703. The Morgan fingerprint density at radius 3 is 3.00 bits per heavy atom. The maximum atomic E-state index is 13.8. The van der Waals surface area contributed by atoms with Crippen molar-refractivity contribution in [3.63, 3.8) is 0 Å². The number of rotatable bonds is 2. The first-order chi connectivity index (χ1) is 12.1. The Kier molecular flexibility index (Phi) is 3.83. The fourth-order valence-electron chi connectivity index (χ4n) is 3.43. The lowest BCUT2D eigenvalue weighted by Gasteiger charge is -2.31. The number of aromatic nitrogens is 3. The van der Waals surface area contributed by atoms with Gasteiger partial charge in [0, 0.05) is 43.0 Å². The summed E-state index contributed by atoms with van der Waals surface area (Å²) in [5, 5.41) is 0.186. The van der Waals surface area contributed by atoms with Gasteiger partial charge in [0.1, 0.15) is 17.2 Å². The summed E-state index contributed by atoms with van der Waals surface area (Å²) in [7, 11) is 0. The van der Waals surface area contributed by atoms with Crippen LogP contribution >= 0.6 is 0 Å². The Labute approximate surface area is 142 Å². The average molecular weight is 340 g/mol. The first kappa shape index (κ1) is 15.6. The van der Waals surface area contributed by atoms with Crippen LogP contribution in [0.4, 0.5) is 4.39 Å². The van der Waals surface area contributed by atoms with E-state index < -0.39 is 11.2 Å². The normalized spacial score (nSPS) is 17.8. The van der Waals surface area contributed by atoms with E-state index in [-0.39, 0.29) is 28.3 Å². The van der Waals surface area contributed by atoms with Crippen LogP contribution in [0.5, 0.6) is 0 Å². The van der Waals surface area contributed by atoms with Gasteiger partial charge in [0.15, 0.2) is 0 Å². The molecule has 1 amide bonds. The molecule has 1 aliphatic heterocycles. The number of halogens is 1. The Bertz CT molecular complexity index is 980. The Hall–Kier alpha value is -2.96. The minimum absolute atomic E-state index is 0.0400. The molecule has 1 atom stereocenters. The first-order valence-corrected chi connectivity index (χ1v) is 8.23. The zero-order chi connectivity index (χ0) is 17.4. The maximum absolute atomic E-state index is 13.8. The Morgan fingerprint density at radius 2 is 2.20 bits per heavy atom. The van der Waals surface area contributed by atoms with Crippen LogP contribution in [0, 0.1) is 5.82 Å². The lowest BCUT2D eigenvalue weighted by atomic mass is 9.96. The molecule has 1 aromatic carbocycles. The Balaban J connectivity index is 1.66. The van der Waals surface area contributed by atoms with Gasteiger partial charge < -0.3 is 14.9 Å². The Morgan fingerprint density at radius 1 is 1.32 bits per heavy atom. The maximum Gasteiger partial charge on any atom is 0.259 e. The van der Waals surface area contributed by atoms with Crippen molar-refractivity contribution in [2.45, 2.75) is 18.8 Å². The number of likely N-dealkylation sites (tertiary alicyclic amines) is 1. The number of H-pyrrole nitrogens is 2. The standard InChI is InChI=1S/C18H17FN4O2/c19-14-5-1-4-12-15(14)22-9-13(16(12)24)18(25)23-8-2-3-11(10-23)17-20-6-7-21-17/h1,4-7,9,11H,2-3,8,10H2,(H,20,21)(H,22,24)/t11-/m1/s1. The van der Waals surface area contributed by atoms with Crippen molar-refractivity contribution in [2.24, 2.45) is 0 Å². The number of hydrogen-bond acceptors (Lipinski definition) is 3. The van der Waals surface area contributed by atoms with Gasteiger partial charge in [-0.15, -0.1) is 0 Å². The molecular formula is C18H17FN4O2. The van der Waals surface area contributed by atoms with Crippen molar-refractivity contribution in [3.8, 4) is 0 Å². The van der Waals surface area contributed by atoms with Crippen molar-refractivity contribution in [1.82, 2.24) is 19.9 Å². The molecule has 3 aromatic rings. The smallest absolute Gasteiger partial charge is 0.259 e. The summed E-state index contributed by atoms with van der Waals surface area (Å²) in [6.07, 6.45) is 6.55. The van der Waals surface area contributed by atoms with Crippen LogP contribution in [0.1, 0.15) is 34.9 Å². The molecule has 4 rings (SSSR count). The van der Waals surface area contributed by atoms with Crippen LogP contribution in [0.3, 0.4) is 0 Å². The number of para-hydroxylation sites is 1. The number of carbonyl (C=O) groups excluding carboxylic acids is 1. The molecule has 1 aliphatic rings. The second-order valence-electron chi connectivity index (χ2n) is 6.26. The molecule has 25 heavy (non-hydrogen) atoms. The van der Waals surface area contributed by atoms with Crippen LogP contribution in [-0.2, 0) is 0 Å². The van der Waals surface area contributed by atoms with Crippen molar-refractivity contribution < 1.29 is 9.18 Å². The van der Waals surface area contributed by atoms with Crippen molar-refractivity contribution in [3.05, 3.63) is 64.2 Å². The SMILES string of the molecule is O=C(c1c[nH]c2c(F)cccc2c1=O)N1CCC[C@@H](c2ncc[nH]2)C1. The van der Waals surface area contributed by atoms with Gasteiger partial charge in [-0.2, -0.15) is 0 Å². The highest BCUT2D eigenvalue weighted by molar-refractivity contribution is 5.97.